The minimum atomic E-state index is -1.33. The summed E-state index contributed by atoms with van der Waals surface area (Å²) >= 11 is 0. The van der Waals surface area contributed by atoms with Crippen molar-refractivity contribution in [1.82, 2.24) is 19.9 Å². The number of likely N-dealkylation sites (tertiary alicyclic amines) is 1. The number of carbonyl (C=O) groups is 2. The number of carboxylic acid groups (broad SMARTS) is 1. The second-order valence-corrected chi connectivity index (χ2v) is 9.33. The summed E-state index contributed by atoms with van der Waals surface area (Å²) < 4.78 is 19.8. The number of halogens is 1. The number of piperidine rings is 1. The Morgan fingerprint density at radius 2 is 1.94 bits per heavy atom. The quantitative estimate of drug-likeness (QED) is 0.383. The predicted molar refractivity (Wildman–Crippen MR) is 130 cm³/mol. The third kappa shape index (κ3) is 5.77. The van der Waals surface area contributed by atoms with Crippen LogP contribution in [0.15, 0.2) is 36.7 Å². The number of nitrogens with two attached hydrogens (primary N) is 1. The highest BCUT2D eigenvalue weighted by Gasteiger charge is 2.30. The van der Waals surface area contributed by atoms with Crippen LogP contribution in [-0.2, 0) is 0 Å². The Hall–Kier alpha value is -4.06. The molecular formula is C24H27FN6O5. The van der Waals surface area contributed by atoms with Gasteiger partial charge >= 0.3 is 6.09 Å². The van der Waals surface area contributed by atoms with Gasteiger partial charge in [-0.05, 0) is 44.2 Å². The molecule has 0 spiro atoms. The molecule has 11 nitrogen and oxygen atoms in total. The molecule has 2 aromatic heterocycles. The van der Waals surface area contributed by atoms with E-state index in [-0.39, 0.29) is 48.5 Å². The SMILES string of the molecule is CC(C)(O)COc1ccc(-c2cc(C(N)=O)c3ncnc(NC4CC(F)CN(C(=O)O)C4)c3n2)cc1. The molecule has 3 heterocycles. The Balaban J connectivity index is 1.69. The molecule has 0 radical (unpaired) electrons. The van der Waals surface area contributed by atoms with Crippen LogP contribution in [0.4, 0.5) is 15.0 Å². The number of pyridine rings is 1. The standard InChI is InChI=1S/C24H27FN6O5/c1-24(2,35)11-36-16-5-3-13(4-6-16)18-8-17(21(26)32)19-20(30-18)22(28-12-27-19)29-15-7-14(25)9-31(10-15)23(33)34/h3-6,8,12,14-15,35H,7,9-11H2,1-2H3,(H2,26,32)(H,33,34)(H,27,28,29). The van der Waals surface area contributed by atoms with Gasteiger partial charge in [0.25, 0.3) is 5.91 Å². The number of nitrogens with one attached hydrogen (secondary N) is 1. The molecule has 4 rings (SSSR count). The molecule has 3 aromatic rings. The fraction of sp³-hybridized carbons (Fsp3) is 0.375. The highest BCUT2D eigenvalue weighted by atomic mass is 19.1. The molecule has 1 fully saturated rings. The van der Waals surface area contributed by atoms with Crippen molar-refractivity contribution < 1.29 is 28.9 Å². The Labute approximate surface area is 206 Å². The van der Waals surface area contributed by atoms with Gasteiger partial charge in [-0.2, -0.15) is 0 Å². The van der Waals surface area contributed by atoms with E-state index in [4.69, 9.17) is 10.5 Å². The van der Waals surface area contributed by atoms with E-state index in [0.29, 0.717) is 17.0 Å². The van der Waals surface area contributed by atoms with Gasteiger partial charge in [0.05, 0.1) is 23.4 Å². The highest BCUT2D eigenvalue weighted by Crippen LogP contribution is 2.29. The molecule has 1 saturated heterocycles. The number of ether oxygens (including phenoxy) is 1. The number of carbonyl (C=O) groups excluding carboxylic acids is 1. The summed E-state index contributed by atoms with van der Waals surface area (Å²) in [5, 5.41) is 22.2. The second-order valence-electron chi connectivity index (χ2n) is 9.33. The fourth-order valence-electron chi connectivity index (χ4n) is 3.95. The number of hydrogen-bond donors (Lipinski definition) is 4. The number of aromatic nitrogens is 3. The van der Waals surface area contributed by atoms with Crippen LogP contribution in [0, 0.1) is 0 Å². The van der Waals surface area contributed by atoms with Gasteiger partial charge in [0.15, 0.2) is 5.82 Å². The summed E-state index contributed by atoms with van der Waals surface area (Å²) in [4.78, 5) is 37.7. The van der Waals surface area contributed by atoms with Crippen LogP contribution < -0.4 is 15.8 Å². The zero-order valence-corrected chi connectivity index (χ0v) is 19.8. The van der Waals surface area contributed by atoms with Crippen molar-refractivity contribution in [2.75, 3.05) is 25.0 Å². The number of anilines is 1. The Kier molecular flexibility index (Phi) is 6.88. The van der Waals surface area contributed by atoms with Gasteiger partial charge in [0.1, 0.15) is 35.9 Å². The number of benzene rings is 1. The molecule has 2 amide bonds. The second kappa shape index (κ2) is 9.90. The van der Waals surface area contributed by atoms with E-state index in [2.05, 4.69) is 20.3 Å². The summed E-state index contributed by atoms with van der Waals surface area (Å²) in [6, 6.07) is 7.88. The first-order valence-corrected chi connectivity index (χ1v) is 11.3. The van der Waals surface area contributed by atoms with Crippen LogP contribution in [0.25, 0.3) is 22.3 Å². The molecule has 12 heteroatoms. The number of nitrogens with zero attached hydrogens (tertiary/aromatic N) is 4. The lowest BCUT2D eigenvalue weighted by Gasteiger charge is -2.33. The molecule has 2 unspecified atom stereocenters. The highest BCUT2D eigenvalue weighted by molar-refractivity contribution is 6.06. The molecule has 5 N–H and O–H groups in total. The Bertz CT molecular complexity index is 1280. The van der Waals surface area contributed by atoms with Crippen LogP contribution >= 0.6 is 0 Å². The summed E-state index contributed by atoms with van der Waals surface area (Å²) in [6.45, 7) is 3.26. The van der Waals surface area contributed by atoms with Gasteiger partial charge in [-0.1, -0.05) is 0 Å². The lowest BCUT2D eigenvalue weighted by molar-refractivity contribution is 0.0285. The van der Waals surface area contributed by atoms with Gasteiger partial charge in [0.2, 0.25) is 0 Å². The largest absolute Gasteiger partial charge is 0.491 e. The van der Waals surface area contributed by atoms with Crippen molar-refractivity contribution in [3.05, 3.63) is 42.2 Å². The number of hydrogen-bond acceptors (Lipinski definition) is 8. The van der Waals surface area contributed by atoms with Crippen LogP contribution in [-0.4, -0.2) is 79.6 Å². The molecule has 1 aliphatic heterocycles. The predicted octanol–water partition coefficient (Wildman–Crippen LogP) is 2.44. The van der Waals surface area contributed by atoms with E-state index in [1.165, 1.54) is 12.4 Å². The first-order chi connectivity index (χ1) is 17.0. The van der Waals surface area contributed by atoms with Gasteiger partial charge in [-0.15, -0.1) is 0 Å². The van der Waals surface area contributed by atoms with Crippen LogP contribution in [0.5, 0.6) is 5.75 Å². The third-order valence-corrected chi connectivity index (χ3v) is 5.61. The van der Waals surface area contributed by atoms with E-state index in [1.807, 2.05) is 0 Å². The van der Waals surface area contributed by atoms with Crippen molar-refractivity contribution in [1.29, 1.82) is 0 Å². The molecule has 0 saturated carbocycles. The molecule has 1 aliphatic rings. The average Bonchev–Trinajstić information content (AvgIpc) is 2.82. The summed E-state index contributed by atoms with van der Waals surface area (Å²) in [6.07, 6.45) is -1.22. The first-order valence-electron chi connectivity index (χ1n) is 11.3. The maximum absolute atomic E-state index is 14.2. The first kappa shape index (κ1) is 25.0. The normalized spacial score (nSPS) is 18.2. The maximum Gasteiger partial charge on any atom is 0.407 e. The fourth-order valence-corrected chi connectivity index (χ4v) is 3.95. The van der Waals surface area contributed by atoms with Crippen molar-refractivity contribution in [3.8, 4) is 17.0 Å². The van der Waals surface area contributed by atoms with Crippen molar-refractivity contribution in [3.63, 3.8) is 0 Å². The van der Waals surface area contributed by atoms with Crippen LogP contribution in [0.1, 0.15) is 30.6 Å². The maximum atomic E-state index is 14.2. The average molecular weight is 499 g/mol. The van der Waals surface area contributed by atoms with Crippen LogP contribution in [0.3, 0.4) is 0 Å². The van der Waals surface area contributed by atoms with E-state index in [1.54, 1.807) is 38.1 Å². The van der Waals surface area contributed by atoms with Gasteiger partial charge in [0, 0.05) is 24.6 Å². The topological polar surface area (TPSA) is 164 Å². The molecule has 1 aromatic carbocycles. The van der Waals surface area contributed by atoms with Gasteiger partial charge in [-0.3, -0.25) is 4.79 Å². The third-order valence-electron chi connectivity index (χ3n) is 5.61. The lowest BCUT2D eigenvalue weighted by atomic mass is 10.0. The zero-order chi connectivity index (χ0) is 26.0. The summed E-state index contributed by atoms with van der Waals surface area (Å²) in [7, 11) is 0. The molecule has 2 atom stereocenters. The minimum absolute atomic E-state index is 0.0652. The summed E-state index contributed by atoms with van der Waals surface area (Å²) in [5.41, 5.74) is 6.30. The number of alkyl halides is 1. The van der Waals surface area contributed by atoms with Crippen molar-refractivity contribution in [2.45, 2.75) is 38.1 Å². The van der Waals surface area contributed by atoms with Gasteiger partial charge < -0.3 is 30.9 Å². The van der Waals surface area contributed by atoms with Crippen molar-refractivity contribution in [2.24, 2.45) is 5.73 Å². The molecular weight excluding hydrogens is 471 g/mol. The van der Waals surface area contributed by atoms with E-state index < -0.39 is 29.8 Å². The number of amides is 2. The molecule has 0 bridgehead atoms. The molecule has 190 valence electrons. The van der Waals surface area contributed by atoms with Gasteiger partial charge in [-0.25, -0.2) is 24.1 Å². The Morgan fingerprint density at radius 1 is 1.22 bits per heavy atom. The number of primary amides is 1. The monoisotopic (exact) mass is 498 g/mol. The summed E-state index contributed by atoms with van der Waals surface area (Å²) in [5.74, 6) is 0.0689. The molecule has 0 aliphatic carbocycles. The minimum Gasteiger partial charge on any atom is -0.491 e. The lowest BCUT2D eigenvalue weighted by Crippen LogP contribution is -2.49. The van der Waals surface area contributed by atoms with E-state index >= 15 is 0 Å². The van der Waals surface area contributed by atoms with E-state index in [9.17, 15) is 24.2 Å². The number of rotatable bonds is 7. The van der Waals surface area contributed by atoms with Crippen LogP contribution in [0.2, 0.25) is 0 Å². The zero-order valence-electron chi connectivity index (χ0n) is 19.8. The number of fused-ring (bicyclic) bond motifs is 1. The molecule has 36 heavy (non-hydrogen) atoms. The smallest absolute Gasteiger partial charge is 0.407 e. The van der Waals surface area contributed by atoms with E-state index in [0.717, 1.165) is 4.90 Å². The Morgan fingerprint density at radius 3 is 2.58 bits per heavy atom. The number of aliphatic hydroxyl groups is 1. The van der Waals surface area contributed by atoms with Crippen molar-refractivity contribution >= 4 is 28.9 Å².